The molecule has 0 saturated carbocycles. The van der Waals surface area contributed by atoms with Crippen LogP contribution < -0.4 is 10.5 Å². The number of ether oxygens (including phenoxy) is 2. The Kier molecular flexibility index (Phi) is 5.95. The molecule has 100 valence electrons. The lowest BCUT2D eigenvalue weighted by Gasteiger charge is -2.11. The van der Waals surface area contributed by atoms with Crippen molar-refractivity contribution >= 4 is 17.6 Å². The van der Waals surface area contributed by atoms with Gasteiger partial charge in [-0.1, -0.05) is 24.6 Å². The molecule has 0 radical (unpaired) electrons. The van der Waals surface area contributed by atoms with Gasteiger partial charge in [-0.15, -0.1) is 0 Å². The van der Waals surface area contributed by atoms with Crippen LogP contribution in [0.3, 0.4) is 0 Å². The molecule has 0 fully saturated rings. The third-order valence-corrected chi connectivity index (χ3v) is 2.89. The quantitative estimate of drug-likeness (QED) is 0.806. The summed E-state index contributed by atoms with van der Waals surface area (Å²) in [5, 5.41) is 0.472. The van der Waals surface area contributed by atoms with Crippen molar-refractivity contribution in [1.29, 1.82) is 0 Å². The van der Waals surface area contributed by atoms with Crippen LogP contribution in [0.4, 0.5) is 0 Å². The van der Waals surface area contributed by atoms with E-state index in [2.05, 4.69) is 4.74 Å². The van der Waals surface area contributed by atoms with Gasteiger partial charge in [-0.2, -0.15) is 0 Å². The first-order chi connectivity index (χ1) is 8.56. The van der Waals surface area contributed by atoms with E-state index >= 15 is 0 Å². The standard InChI is InChI=1S/C13H18ClNO3/c1-3-10(15)6-9-4-5-12(11(14)7-9)18-8-13(16)17-2/h4-5,7,10H,3,6,8,15H2,1-2H3. The van der Waals surface area contributed by atoms with Gasteiger partial charge in [0.15, 0.2) is 6.61 Å². The molecule has 1 aromatic carbocycles. The van der Waals surface area contributed by atoms with Gasteiger partial charge in [0.2, 0.25) is 0 Å². The van der Waals surface area contributed by atoms with Crippen LogP contribution in [-0.2, 0) is 16.0 Å². The number of carbonyl (C=O) groups is 1. The molecule has 0 aromatic heterocycles. The zero-order chi connectivity index (χ0) is 13.5. The minimum atomic E-state index is -0.442. The summed E-state index contributed by atoms with van der Waals surface area (Å²) in [5.41, 5.74) is 6.93. The lowest BCUT2D eigenvalue weighted by atomic mass is 10.0. The molecule has 0 aliphatic rings. The zero-order valence-electron chi connectivity index (χ0n) is 10.6. The summed E-state index contributed by atoms with van der Waals surface area (Å²) < 4.78 is 9.72. The smallest absolute Gasteiger partial charge is 0.343 e. The Morgan fingerprint density at radius 2 is 2.22 bits per heavy atom. The number of hydrogen-bond donors (Lipinski definition) is 1. The molecule has 0 aliphatic carbocycles. The summed E-state index contributed by atoms with van der Waals surface area (Å²) in [5.74, 6) is 0.0269. The second-order valence-corrected chi connectivity index (χ2v) is 4.41. The van der Waals surface area contributed by atoms with Crippen molar-refractivity contribution in [2.45, 2.75) is 25.8 Å². The fraction of sp³-hybridized carbons (Fsp3) is 0.462. The minimum absolute atomic E-state index is 0.128. The fourth-order valence-corrected chi connectivity index (χ4v) is 1.69. The largest absolute Gasteiger partial charge is 0.480 e. The molecule has 2 N–H and O–H groups in total. The van der Waals surface area contributed by atoms with Crippen molar-refractivity contribution in [3.05, 3.63) is 28.8 Å². The van der Waals surface area contributed by atoms with Crippen LogP contribution in [0.25, 0.3) is 0 Å². The first kappa shape index (κ1) is 14.8. The van der Waals surface area contributed by atoms with E-state index in [-0.39, 0.29) is 12.6 Å². The normalized spacial score (nSPS) is 12.0. The topological polar surface area (TPSA) is 61.5 Å². The van der Waals surface area contributed by atoms with E-state index < -0.39 is 5.97 Å². The highest BCUT2D eigenvalue weighted by Gasteiger charge is 2.08. The number of hydrogen-bond acceptors (Lipinski definition) is 4. The van der Waals surface area contributed by atoms with Gasteiger partial charge in [-0.3, -0.25) is 0 Å². The average molecular weight is 272 g/mol. The number of benzene rings is 1. The van der Waals surface area contributed by atoms with Crippen LogP contribution in [0.1, 0.15) is 18.9 Å². The Bertz CT molecular complexity index is 409. The molecule has 0 spiro atoms. The highest BCUT2D eigenvalue weighted by Crippen LogP contribution is 2.26. The molecular formula is C13H18ClNO3. The maximum atomic E-state index is 10.9. The lowest BCUT2D eigenvalue weighted by Crippen LogP contribution is -2.21. The molecule has 0 heterocycles. The van der Waals surface area contributed by atoms with Gasteiger partial charge in [0.25, 0.3) is 0 Å². The number of nitrogens with two attached hydrogens (primary N) is 1. The van der Waals surface area contributed by atoms with Crippen molar-refractivity contribution in [3.8, 4) is 5.75 Å². The van der Waals surface area contributed by atoms with E-state index in [1.807, 2.05) is 19.1 Å². The second-order valence-electron chi connectivity index (χ2n) is 4.00. The van der Waals surface area contributed by atoms with Crippen LogP contribution in [0.2, 0.25) is 5.02 Å². The van der Waals surface area contributed by atoms with Gasteiger partial charge in [0.1, 0.15) is 5.75 Å². The molecule has 0 amide bonds. The maximum absolute atomic E-state index is 10.9. The molecule has 0 saturated heterocycles. The summed E-state index contributed by atoms with van der Waals surface area (Å²) >= 11 is 6.06. The van der Waals surface area contributed by atoms with Gasteiger partial charge in [-0.25, -0.2) is 4.79 Å². The predicted molar refractivity (Wildman–Crippen MR) is 70.9 cm³/mol. The Hall–Kier alpha value is -1.26. The number of halogens is 1. The van der Waals surface area contributed by atoms with Crippen molar-refractivity contribution in [3.63, 3.8) is 0 Å². The molecule has 18 heavy (non-hydrogen) atoms. The van der Waals surface area contributed by atoms with E-state index in [0.717, 1.165) is 18.4 Å². The van der Waals surface area contributed by atoms with Gasteiger partial charge in [-0.05, 0) is 30.5 Å². The Morgan fingerprint density at radius 3 is 2.78 bits per heavy atom. The summed E-state index contributed by atoms with van der Waals surface area (Å²) in [6.45, 7) is 1.89. The third-order valence-electron chi connectivity index (χ3n) is 2.59. The van der Waals surface area contributed by atoms with E-state index in [0.29, 0.717) is 10.8 Å². The van der Waals surface area contributed by atoms with Crippen LogP contribution in [0, 0.1) is 0 Å². The van der Waals surface area contributed by atoms with Crippen LogP contribution in [0.15, 0.2) is 18.2 Å². The predicted octanol–water partition coefficient (Wildman–Crippen LogP) is 2.17. The monoisotopic (exact) mass is 271 g/mol. The van der Waals surface area contributed by atoms with Gasteiger partial charge < -0.3 is 15.2 Å². The second kappa shape index (κ2) is 7.24. The van der Waals surface area contributed by atoms with Crippen LogP contribution in [-0.4, -0.2) is 25.7 Å². The van der Waals surface area contributed by atoms with Crippen molar-refractivity contribution in [1.82, 2.24) is 0 Å². The molecule has 4 nitrogen and oxygen atoms in total. The fourth-order valence-electron chi connectivity index (χ4n) is 1.43. The van der Waals surface area contributed by atoms with E-state index in [4.69, 9.17) is 22.1 Å². The van der Waals surface area contributed by atoms with E-state index in [1.165, 1.54) is 7.11 Å². The maximum Gasteiger partial charge on any atom is 0.343 e. The molecular weight excluding hydrogens is 254 g/mol. The average Bonchev–Trinajstić information content (AvgIpc) is 2.37. The summed E-state index contributed by atoms with van der Waals surface area (Å²) in [4.78, 5) is 10.9. The highest BCUT2D eigenvalue weighted by atomic mass is 35.5. The van der Waals surface area contributed by atoms with Gasteiger partial charge in [0, 0.05) is 6.04 Å². The Balaban J connectivity index is 2.64. The zero-order valence-corrected chi connectivity index (χ0v) is 11.4. The molecule has 5 heteroatoms. The molecule has 0 bridgehead atoms. The molecule has 1 unspecified atom stereocenters. The number of carbonyl (C=O) groups excluding carboxylic acids is 1. The van der Waals surface area contributed by atoms with E-state index in [1.54, 1.807) is 6.07 Å². The lowest BCUT2D eigenvalue weighted by molar-refractivity contribution is -0.142. The summed E-state index contributed by atoms with van der Waals surface area (Å²) in [6, 6.07) is 5.57. The third kappa shape index (κ3) is 4.55. The SMILES string of the molecule is CCC(N)Cc1ccc(OCC(=O)OC)c(Cl)c1. The van der Waals surface area contributed by atoms with Crippen LogP contribution >= 0.6 is 11.6 Å². The van der Waals surface area contributed by atoms with Crippen molar-refractivity contribution in [2.75, 3.05) is 13.7 Å². The van der Waals surface area contributed by atoms with Crippen LogP contribution in [0.5, 0.6) is 5.75 Å². The highest BCUT2D eigenvalue weighted by molar-refractivity contribution is 6.32. The van der Waals surface area contributed by atoms with Gasteiger partial charge in [0.05, 0.1) is 12.1 Å². The number of methoxy groups -OCH3 is 1. The number of rotatable bonds is 6. The number of esters is 1. The van der Waals surface area contributed by atoms with Gasteiger partial charge >= 0.3 is 5.97 Å². The molecule has 0 aliphatic heterocycles. The van der Waals surface area contributed by atoms with Crippen molar-refractivity contribution < 1.29 is 14.3 Å². The molecule has 1 aromatic rings. The van der Waals surface area contributed by atoms with E-state index in [9.17, 15) is 4.79 Å². The summed E-state index contributed by atoms with van der Waals surface area (Å²) in [7, 11) is 1.31. The summed E-state index contributed by atoms with van der Waals surface area (Å²) in [6.07, 6.45) is 1.69. The molecule has 1 atom stereocenters. The first-order valence-corrected chi connectivity index (χ1v) is 6.18. The van der Waals surface area contributed by atoms with Crippen molar-refractivity contribution in [2.24, 2.45) is 5.73 Å². The Labute approximate surface area is 112 Å². The first-order valence-electron chi connectivity index (χ1n) is 5.80. The Morgan fingerprint density at radius 1 is 1.50 bits per heavy atom. The minimum Gasteiger partial charge on any atom is -0.480 e. The molecule has 1 rings (SSSR count).